The second kappa shape index (κ2) is 16.9. The predicted molar refractivity (Wildman–Crippen MR) is 172 cm³/mol. The maximum absolute atomic E-state index is 12.7. The van der Waals surface area contributed by atoms with Gasteiger partial charge in [0.2, 0.25) is 0 Å². The molecular weight excluding hydrogens is 576 g/mol. The van der Waals surface area contributed by atoms with E-state index < -0.39 is 0 Å². The van der Waals surface area contributed by atoms with Crippen LogP contribution >= 0.6 is 0 Å². The number of benzene rings is 1. The van der Waals surface area contributed by atoms with E-state index in [1.165, 1.54) is 21.3 Å². The van der Waals surface area contributed by atoms with Gasteiger partial charge in [0.25, 0.3) is 0 Å². The van der Waals surface area contributed by atoms with Crippen LogP contribution in [0.5, 0.6) is 0 Å². The normalized spacial score (nSPS) is 16.9. The van der Waals surface area contributed by atoms with Crippen LogP contribution in [0.2, 0.25) is 0 Å². The van der Waals surface area contributed by atoms with Gasteiger partial charge in [0.1, 0.15) is 0 Å². The van der Waals surface area contributed by atoms with Crippen molar-refractivity contribution in [1.82, 2.24) is 25.0 Å². The third-order valence-corrected chi connectivity index (χ3v) is 7.30. The van der Waals surface area contributed by atoms with Crippen molar-refractivity contribution in [3.05, 3.63) is 71.8 Å². The lowest BCUT2D eigenvalue weighted by Gasteiger charge is -2.36. The average Bonchev–Trinajstić information content (AvgIpc) is 2.98. The Bertz CT molecular complexity index is 1300. The predicted octanol–water partition coefficient (Wildman–Crippen LogP) is 2.40. The van der Waals surface area contributed by atoms with Crippen LogP contribution in [0.1, 0.15) is 37.7 Å². The molecule has 0 saturated heterocycles. The Kier molecular flexibility index (Phi) is 13.3. The summed E-state index contributed by atoms with van der Waals surface area (Å²) < 4.78 is 15.0. The maximum Gasteiger partial charge on any atom is 0.319 e. The fourth-order valence-corrected chi connectivity index (χ4v) is 5.17. The highest BCUT2D eigenvalue weighted by atomic mass is 16.5. The lowest BCUT2D eigenvalue weighted by molar-refractivity contribution is -0.144. The van der Waals surface area contributed by atoms with Gasteiger partial charge in [-0.1, -0.05) is 24.8 Å². The zero-order valence-corrected chi connectivity index (χ0v) is 27.4. The summed E-state index contributed by atoms with van der Waals surface area (Å²) in [5.74, 6) is -0.383. The number of rotatable bonds is 11. The molecule has 45 heavy (non-hydrogen) atoms. The van der Waals surface area contributed by atoms with Gasteiger partial charge in [0.15, 0.2) is 0 Å². The summed E-state index contributed by atoms with van der Waals surface area (Å²) in [4.78, 5) is 48.3. The lowest BCUT2D eigenvalue weighted by Crippen LogP contribution is -2.50. The number of fused-ring (bicyclic) bond motifs is 2. The first-order chi connectivity index (χ1) is 21.4. The molecule has 0 saturated carbocycles. The number of methoxy groups -OCH3 is 3. The molecule has 2 bridgehead atoms. The first-order valence-electron chi connectivity index (χ1n) is 15.0. The molecule has 1 aromatic heterocycles. The van der Waals surface area contributed by atoms with E-state index in [9.17, 15) is 14.4 Å². The minimum Gasteiger partial charge on any atom is -0.468 e. The van der Waals surface area contributed by atoms with Gasteiger partial charge in [-0.15, -0.1) is 0 Å². The number of carbonyl (C=O) groups excluding carboxylic acids is 3. The minimum absolute atomic E-state index is 0.0472. The van der Waals surface area contributed by atoms with Crippen molar-refractivity contribution in [2.45, 2.75) is 51.9 Å². The molecule has 0 fully saturated rings. The quantitative estimate of drug-likeness (QED) is 0.282. The summed E-state index contributed by atoms with van der Waals surface area (Å²) in [6.07, 6.45) is 0.585. The third-order valence-electron chi connectivity index (χ3n) is 7.30. The second-order valence-electron chi connectivity index (χ2n) is 12.2. The first-order valence-corrected chi connectivity index (χ1v) is 15.0. The van der Waals surface area contributed by atoms with Crippen LogP contribution in [-0.4, -0.2) is 110 Å². The molecule has 2 heterocycles. The SMILES string of the molecule is C=C(Nc1ccc(CC2CN(CC(=O)OC)CCN(CC(=O)OC)Cc3cccc(n3)CN2CC(=O)OC)cc1)NC(C)(C)C. The van der Waals surface area contributed by atoms with Crippen LogP contribution in [0.3, 0.4) is 0 Å². The van der Waals surface area contributed by atoms with Crippen LogP contribution < -0.4 is 10.6 Å². The molecule has 2 N–H and O–H groups in total. The van der Waals surface area contributed by atoms with Crippen LogP contribution in [-0.2, 0) is 48.1 Å². The Labute approximate surface area is 266 Å². The van der Waals surface area contributed by atoms with Gasteiger partial charge in [-0.2, -0.15) is 0 Å². The first kappa shape index (κ1) is 35.5. The Morgan fingerprint density at radius 3 is 2.00 bits per heavy atom. The fraction of sp³-hybridized carbons (Fsp3) is 0.515. The fourth-order valence-electron chi connectivity index (χ4n) is 5.17. The highest BCUT2D eigenvalue weighted by Crippen LogP contribution is 2.19. The van der Waals surface area contributed by atoms with Crippen LogP contribution in [0.4, 0.5) is 5.69 Å². The maximum atomic E-state index is 12.7. The van der Waals surface area contributed by atoms with Gasteiger partial charge in [0.05, 0.1) is 58.2 Å². The van der Waals surface area contributed by atoms with E-state index >= 15 is 0 Å². The number of hydrogen-bond donors (Lipinski definition) is 2. The number of anilines is 1. The van der Waals surface area contributed by atoms with Crippen molar-refractivity contribution in [2.24, 2.45) is 0 Å². The van der Waals surface area contributed by atoms with E-state index in [0.717, 1.165) is 22.6 Å². The summed E-state index contributed by atoms with van der Waals surface area (Å²) in [6.45, 7) is 12.7. The lowest BCUT2D eigenvalue weighted by atomic mass is 10.0. The Balaban J connectivity index is 1.95. The standard InChI is InChI=1S/C33H48N6O6/c1-24(36-33(2,3)4)34-26-13-11-25(12-14-26)17-29-20-38(22-31(41)44-6)16-15-37(21-30(40)43-5)18-27-9-8-10-28(35-27)19-39(29)23-32(42)45-7/h8-14,29,34,36H,1,15-23H2,2-7H3. The molecular formula is C33H48N6O6. The Morgan fingerprint density at radius 1 is 0.844 bits per heavy atom. The van der Waals surface area contributed by atoms with Crippen LogP contribution in [0.15, 0.2) is 54.9 Å². The molecule has 12 nitrogen and oxygen atoms in total. The zero-order valence-electron chi connectivity index (χ0n) is 27.4. The van der Waals surface area contributed by atoms with E-state index in [1.807, 2.05) is 52.3 Å². The molecule has 1 aliphatic heterocycles. The summed E-state index contributed by atoms with van der Waals surface area (Å²) in [5.41, 5.74) is 3.39. The summed E-state index contributed by atoms with van der Waals surface area (Å²) in [7, 11) is 4.10. The van der Waals surface area contributed by atoms with Crippen molar-refractivity contribution in [3.63, 3.8) is 0 Å². The summed E-state index contributed by atoms with van der Waals surface area (Å²) in [5, 5.41) is 6.62. The van der Waals surface area contributed by atoms with E-state index in [0.29, 0.717) is 45.0 Å². The third kappa shape index (κ3) is 12.5. The summed E-state index contributed by atoms with van der Waals surface area (Å²) in [6, 6.07) is 13.6. The molecule has 1 atom stereocenters. The number of pyridine rings is 1. The van der Waals surface area contributed by atoms with E-state index in [-0.39, 0.29) is 49.1 Å². The van der Waals surface area contributed by atoms with Crippen molar-refractivity contribution < 1.29 is 28.6 Å². The van der Waals surface area contributed by atoms with Crippen molar-refractivity contribution in [3.8, 4) is 0 Å². The molecule has 0 spiro atoms. The van der Waals surface area contributed by atoms with Gasteiger partial charge in [-0.3, -0.25) is 34.1 Å². The van der Waals surface area contributed by atoms with Gasteiger partial charge < -0.3 is 24.8 Å². The average molecular weight is 625 g/mol. The smallest absolute Gasteiger partial charge is 0.319 e. The van der Waals surface area contributed by atoms with Crippen LogP contribution in [0, 0.1) is 0 Å². The molecule has 1 aromatic carbocycles. The van der Waals surface area contributed by atoms with Crippen molar-refractivity contribution in [1.29, 1.82) is 0 Å². The van der Waals surface area contributed by atoms with Crippen molar-refractivity contribution in [2.75, 3.05) is 65.9 Å². The molecule has 246 valence electrons. The number of carbonyl (C=O) groups is 3. The number of aromatic nitrogens is 1. The van der Waals surface area contributed by atoms with E-state index in [1.54, 1.807) is 0 Å². The molecule has 12 heteroatoms. The number of hydrogen-bond acceptors (Lipinski definition) is 12. The van der Waals surface area contributed by atoms with Gasteiger partial charge in [-0.05, 0) is 57.0 Å². The van der Waals surface area contributed by atoms with Gasteiger partial charge >= 0.3 is 17.9 Å². The zero-order chi connectivity index (χ0) is 33.0. The second-order valence-corrected chi connectivity index (χ2v) is 12.2. The van der Waals surface area contributed by atoms with Crippen molar-refractivity contribution >= 4 is 23.6 Å². The molecule has 2 aromatic rings. The number of nitrogens with zero attached hydrogens (tertiary/aromatic N) is 4. The molecule has 1 aliphatic rings. The number of nitrogens with one attached hydrogen (secondary N) is 2. The Hall–Kier alpha value is -4.00. The molecule has 0 aliphatic carbocycles. The number of ether oxygens (including phenoxy) is 3. The highest BCUT2D eigenvalue weighted by Gasteiger charge is 2.28. The minimum atomic E-state index is -0.369. The van der Waals surface area contributed by atoms with E-state index in [2.05, 4.69) is 42.9 Å². The topological polar surface area (TPSA) is 126 Å². The molecule has 1 unspecified atom stereocenters. The summed E-state index contributed by atoms with van der Waals surface area (Å²) >= 11 is 0. The molecule has 0 radical (unpaired) electrons. The molecule has 0 amide bonds. The van der Waals surface area contributed by atoms with E-state index in [4.69, 9.17) is 19.2 Å². The highest BCUT2D eigenvalue weighted by molar-refractivity contribution is 5.72. The molecule has 3 rings (SSSR count). The largest absolute Gasteiger partial charge is 0.468 e. The number of esters is 3. The van der Waals surface area contributed by atoms with Gasteiger partial charge in [-0.25, -0.2) is 0 Å². The monoisotopic (exact) mass is 624 g/mol. The Morgan fingerprint density at radius 2 is 1.40 bits per heavy atom. The van der Waals surface area contributed by atoms with Gasteiger partial charge in [0, 0.05) is 50.0 Å². The van der Waals surface area contributed by atoms with Crippen LogP contribution in [0.25, 0.3) is 0 Å².